The van der Waals surface area contributed by atoms with Crippen molar-refractivity contribution in [2.24, 2.45) is 0 Å². The number of aromatic amines is 1. The second-order valence-corrected chi connectivity index (χ2v) is 7.81. The Balaban J connectivity index is 1.57. The van der Waals surface area contributed by atoms with E-state index in [9.17, 15) is 14.0 Å². The molecule has 0 unspecified atom stereocenters. The standard InChI is InChI=1S/C23H22FN3O2S/c24-17-7-9-18(10-8-17)27-22(29)19-11-6-16(14-20(19)26-23(27)30)21(28)25-13-12-15-4-2-1-3-5-15/h4,6-11,14H,1-3,5,12-13H2,(H,25,28)(H,26,30). The van der Waals surface area contributed by atoms with Crippen molar-refractivity contribution in [2.45, 2.75) is 32.1 Å². The van der Waals surface area contributed by atoms with Crippen LogP contribution in [0.1, 0.15) is 42.5 Å². The number of halogens is 1. The fourth-order valence-electron chi connectivity index (χ4n) is 3.75. The highest BCUT2D eigenvalue weighted by molar-refractivity contribution is 7.71. The summed E-state index contributed by atoms with van der Waals surface area (Å²) in [6.07, 6.45) is 7.85. The molecule has 1 aliphatic rings. The van der Waals surface area contributed by atoms with Gasteiger partial charge in [-0.25, -0.2) is 4.39 Å². The molecule has 0 saturated heterocycles. The minimum absolute atomic E-state index is 0.181. The van der Waals surface area contributed by atoms with Crippen LogP contribution in [0.25, 0.3) is 16.6 Å². The Hall–Kier alpha value is -3.06. The van der Waals surface area contributed by atoms with Gasteiger partial charge < -0.3 is 10.3 Å². The van der Waals surface area contributed by atoms with Gasteiger partial charge in [-0.1, -0.05) is 11.6 Å². The summed E-state index contributed by atoms with van der Waals surface area (Å²) in [5.74, 6) is -0.576. The number of H-pyrrole nitrogens is 1. The van der Waals surface area contributed by atoms with E-state index in [0.29, 0.717) is 28.7 Å². The van der Waals surface area contributed by atoms with Crippen LogP contribution < -0.4 is 10.9 Å². The van der Waals surface area contributed by atoms with E-state index in [0.717, 1.165) is 19.3 Å². The van der Waals surface area contributed by atoms with E-state index in [4.69, 9.17) is 12.2 Å². The third kappa shape index (κ3) is 4.26. The third-order valence-corrected chi connectivity index (χ3v) is 5.65. The highest BCUT2D eigenvalue weighted by Crippen LogP contribution is 2.19. The molecule has 2 aromatic carbocycles. The molecule has 4 rings (SSSR count). The lowest BCUT2D eigenvalue weighted by Gasteiger charge is -2.13. The molecule has 2 N–H and O–H groups in total. The van der Waals surface area contributed by atoms with Crippen molar-refractivity contribution in [3.63, 3.8) is 0 Å². The van der Waals surface area contributed by atoms with Crippen LogP contribution in [0.15, 0.2) is 58.9 Å². The molecule has 3 aromatic rings. The first-order valence-corrected chi connectivity index (χ1v) is 10.4. The molecule has 1 amide bonds. The van der Waals surface area contributed by atoms with Crippen LogP contribution in [-0.4, -0.2) is 22.0 Å². The molecule has 0 aliphatic heterocycles. The van der Waals surface area contributed by atoms with Crippen molar-refractivity contribution in [1.29, 1.82) is 0 Å². The summed E-state index contributed by atoms with van der Waals surface area (Å²) >= 11 is 5.34. The molecule has 0 saturated carbocycles. The van der Waals surface area contributed by atoms with E-state index in [1.165, 1.54) is 47.2 Å². The summed E-state index contributed by atoms with van der Waals surface area (Å²) in [5.41, 5.74) is 2.51. The predicted octanol–water partition coefficient (Wildman–Crippen LogP) is 4.81. The van der Waals surface area contributed by atoms with Crippen molar-refractivity contribution in [2.75, 3.05) is 6.54 Å². The van der Waals surface area contributed by atoms with Gasteiger partial charge in [0, 0.05) is 12.1 Å². The number of benzene rings is 2. The molecule has 0 radical (unpaired) electrons. The highest BCUT2D eigenvalue weighted by Gasteiger charge is 2.12. The van der Waals surface area contributed by atoms with E-state index in [-0.39, 0.29) is 16.2 Å². The Morgan fingerprint density at radius 2 is 1.97 bits per heavy atom. The van der Waals surface area contributed by atoms with Crippen LogP contribution >= 0.6 is 12.2 Å². The van der Waals surface area contributed by atoms with Gasteiger partial charge in [-0.3, -0.25) is 14.2 Å². The highest BCUT2D eigenvalue weighted by atomic mass is 32.1. The number of nitrogens with one attached hydrogen (secondary N) is 2. The minimum atomic E-state index is -0.391. The Labute approximate surface area is 178 Å². The Morgan fingerprint density at radius 3 is 2.70 bits per heavy atom. The lowest BCUT2D eigenvalue weighted by Crippen LogP contribution is -2.25. The quantitative estimate of drug-likeness (QED) is 0.457. The Bertz CT molecular complexity index is 1240. The van der Waals surface area contributed by atoms with Gasteiger partial charge in [-0.15, -0.1) is 0 Å². The lowest BCUT2D eigenvalue weighted by molar-refractivity contribution is 0.0954. The molecule has 30 heavy (non-hydrogen) atoms. The zero-order chi connectivity index (χ0) is 21.1. The zero-order valence-corrected chi connectivity index (χ0v) is 17.2. The van der Waals surface area contributed by atoms with Gasteiger partial charge in [-0.2, -0.15) is 0 Å². The number of carbonyl (C=O) groups excluding carboxylic acids is 1. The van der Waals surface area contributed by atoms with Crippen molar-refractivity contribution < 1.29 is 9.18 Å². The van der Waals surface area contributed by atoms with Crippen LogP contribution in [0.5, 0.6) is 0 Å². The number of hydrogen-bond acceptors (Lipinski definition) is 3. The first-order valence-electron chi connectivity index (χ1n) is 10.0. The van der Waals surface area contributed by atoms with Gasteiger partial charge in [0.05, 0.1) is 16.6 Å². The Morgan fingerprint density at radius 1 is 1.17 bits per heavy atom. The predicted molar refractivity (Wildman–Crippen MR) is 118 cm³/mol. The normalized spacial score (nSPS) is 13.8. The summed E-state index contributed by atoms with van der Waals surface area (Å²) in [5, 5.41) is 3.34. The number of allylic oxidation sites excluding steroid dienone is 1. The molecule has 1 aromatic heterocycles. The topological polar surface area (TPSA) is 66.9 Å². The van der Waals surface area contributed by atoms with Gasteiger partial charge in [0.1, 0.15) is 5.82 Å². The van der Waals surface area contributed by atoms with Crippen molar-refractivity contribution in [3.05, 3.63) is 80.6 Å². The van der Waals surface area contributed by atoms with Gasteiger partial charge >= 0.3 is 0 Å². The van der Waals surface area contributed by atoms with Crippen LogP contribution in [0.3, 0.4) is 0 Å². The fraction of sp³-hybridized carbons (Fsp3) is 0.261. The molecule has 0 bridgehead atoms. The van der Waals surface area contributed by atoms with Crippen molar-refractivity contribution >= 4 is 29.0 Å². The van der Waals surface area contributed by atoms with E-state index < -0.39 is 5.82 Å². The number of hydrogen-bond donors (Lipinski definition) is 2. The maximum Gasteiger partial charge on any atom is 0.266 e. The average molecular weight is 424 g/mol. The van der Waals surface area contributed by atoms with Gasteiger partial charge in [-0.05, 0) is 86.8 Å². The van der Waals surface area contributed by atoms with Crippen LogP contribution in [0, 0.1) is 10.6 Å². The zero-order valence-electron chi connectivity index (χ0n) is 16.4. The number of aromatic nitrogens is 2. The van der Waals surface area contributed by atoms with Crippen LogP contribution in [0.4, 0.5) is 4.39 Å². The first kappa shape index (κ1) is 20.2. The SMILES string of the molecule is O=C(NCCC1=CCCCC1)c1ccc2c(=O)n(-c3ccc(F)cc3)c(=S)[nH]c2c1. The van der Waals surface area contributed by atoms with E-state index in [1.54, 1.807) is 18.2 Å². The fourth-order valence-corrected chi connectivity index (χ4v) is 4.05. The summed E-state index contributed by atoms with van der Waals surface area (Å²) in [4.78, 5) is 28.5. The molecule has 0 spiro atoms. The van der Waals surface area contributed by atoms with Crippen LogP contribution in [-0.2, 0) is 0 Å². The largest absolute Gasteiger partial charge is 0.352 e. The number of fused-ring (bicyclic) bond motifs is 1. The average Bonchev–Trinajstić information content (AvgIpc) is 2.75. The summed E-state index contributed by atoms with van der Waals surface area (Å²) in [6, 6.07) is 10.4. The summed E-state index contributed by atoms with van der Waals surface area (Å²) < 4.78 is 14.7. The number of carbonyl (C=O) groups is 1. The molecule has 5 nitrogen and oxygen atoms in total. The van der Waals surface area contributed by atoms with E-state index >= 15 is 0 Å². The van der Waals surface area contributed by atoms with Gasteiger partial charge in [0.2, 0.25) is 0 Å². The molecule has 1 heterocycles. The number of amides is 1. The van der Waals surface area contributed by atoms with Gasteiger partial charge in [0.15, 0.2) is 4.77 Å². The molecule has 0 fully saturated rings. The number of rotatable bonds is 5. The van der Waals surface area contributed by atoms with Crippen molar-refractivity contribution in [3.8, 4) is 5.69 Å². The molecule has 7 heteroatoms. The molecular weight excluding hydrogens is 401 g/mol. The molecular formula is C23H22FN3O2S. The summed E-state index contributed by atoms with van der Waals surface area (Å²) in [7, 11) is 0. The smallest absolute Gasteiger partial charge is 0.266 e. The first-order chi connectivity index (χ1) is 14.5. The lowest BCUT2D eigenvalue weighted by atomic mass is 9.97. The second kappa shape index (κ2) is 8.75. The summed E-state index contributed by atoms with van der Waals surface area (Å²) in [6.45, 7) is 0.588. The van der Waals surface area contributed by atoms with E-state index in [1.807, 2.05) is 0 Å². The van der Waals surface area contributed by atoms with Crippen LogP contribution in [0.2, 0.25) is 0 Å². The molecule has 0 atom stereocenters. The third-order valence-electron chi connectivity index (χ3n) is 5.36. The molecule has 154 valence electrons. The maximum absolute atomic E-state index is 13.2. The van der Waals surface area contributed by atoms with Gasteiger partial charge in [0.25, 0.3) is 11.5 Å². The molecule has 1 aliphatic carbocycles. The minimum Gasteiger partial charge on any atom is -0.352 e. The monoisotopic (exact) mass is 423 g/mol. The number of nitrogens with zero attached hydrogens (tertiary/aromatic N) is 1. The van der Waals surface area contributed by atoms with Crippen molar-refractivity contribution in [1.82, 2.24) is 14.9 Å². The second-order valence-electron chi connectivity index (χ2n) is 7.42. The Kier molecular flexibility index (Phi) is 5.90. The van der Waals surface area contributed by atoms with E-state index in [2.05, 4.69) is 16.4 Å². The maximum atomic E-state index is 13.2.